The van der Waals surface area contributed by atoms with E-state index in [9.17, 15) is 21.6 Å². The highest BCUT2D eigenvalue weighted by molar-refractivity contribution is 14.1. The number of halogens is 1. The van der Waals surface area contributed by atoms with Crippen molar-refractivity contribution in [1.29, 1.82) is 0 Å². The molecule has 0 saturated carbocycles. The molecule has 0 N–H and O–H groups in total. The summed E-state index contributed by atoms with van der Waals surface area (Å²) >= 11 is 2.00. The van der Waals surface area contributed by atoms with E-state index in [1.165, 1.54) is 12.1 Å². The fraction of sp³-hybridized carbons (Fsp3) is 0.364. The smallest absolute Gasteiger partial charge is 0.268 e. The van der Waals surface area contributed by atoms with Crippen LogP contribution in [0.4, 0.5) is 0 Å². The van der Waals surface area contributed by atoms with E-state index in [1.807, 2.05) is 22.6 Å². The molecule has 0 fully saturated rings. The average molecular weight is 429 g/mol. The third-order valence-corrected chi connectivity index (χ3v) is 6.38. The maximum absolute atomic E-state index is 12.2. The molecule has 20 heavy (non-hydrogen) atoms. The lowest BCUT2D eigenvalue weighted by Gasteiger charge is -2.14. The molecule has 1 heterocycles. The minimum atomic E-state index is -3.84. The number of carbonyl (C=O) groups excluding carboxylic acids is 1. The highest BCUT2D eigenvalue weighted by Gasteiger charge is 2.40. The van der Waals surface area contributed by atoms with Crippen LogP contribution in [-0.4, -0.2) is 45.6 Å². The van der Waals surface area contributed by atoms with Crippen molar-refractivity contribution in [3.8, 4) is 0 Å². The van der Waals surface area contributed by atoms with Crippen molar-refractivity contribution in [2.24, 2.45) is 0 Å². The minimum absolute atomic E-state index is 0.0118. The number of rotatable bonds is 4. The molecule has 0 bridgehead atoms. The Morgan fingerprint density at radius 3 is 2.55 bits per heavy atom. The third-order valence-electron chi connectivity index (χ3n) is 2.84. The van der Waals surface area contributed by atoms with Gasteiger partial charge in [-0.1, -0.05) is 0 Å². The molecule has 0 radical (unpaired) electrons. The number of carbonyl (C=O) groups is 1. The predicted octanol–water partition coefficient (Wildman–Crippen LogP) is 0.870. The van der Waals surface area contributed by atoms with Crippen LogP contribution in [0.3, 0.4) is 0 Å². The molecule has 1 aliphatic rings. The van der Waals surface area contributed by atoms with Crippen LogP contribution in [0.5, 0.6) is 0 Å². The lowest BCUT2D eigenvalue weighted by molar-refractivity contribution is 0.0871. The second kappa shape index (κ2) is 5.26. The van der Waals surface area contributed by atoms with Crippen molar-refractivity contribution in [3.05, 3.63) is 27.3 Å². The first-order chi connectivity index (χ1) is 9.13. The van der Waals surface area contributed by atoms with Gasteiger partial charge in [0.15, 0.2) is 0 Å². The number of benzene rings is 1. The van der Waals surface area contributed by atoms with Gasteiger partial charge in [-0.05, 0) is 47.2 Å². The Morgan fingerprint density at radius 1 is 1.30 bits per heavy atom. The van der Waals surface area contributed by atoms with E-state index in [2.05, 4.69) is 0 Å². The van der Waals surface area contributed by atoms with Crippen LogP contribution >= 0.6 is 22.6 Å². The van der Waals surface area contributed by atoms with Crippen molar-refractivity contribution in [1.82, 2.24) is 4.31 Å². The summed E-state index contributed by atoms with van der Waals surface area (Å²) in [7, 11) is -7.02. The molecule has 1 aliphatic heterocycles. The second-order valence-corrected chi connectivity index (χ2v) is 9.84. The van der Waals surface area contributed by atoms with Gasteiger partial charge in [0.1, 0.15) is 14.7 Å². The molecule has 0 aromatic heterocycles. The Hall–Kier alpha value is -0.680. The van der Waals surface area contributed by atoms with Crippen molar-refractivity contribution in [3.63, 3.8) is 0 Å². The van der Waals surface area contributed by atoms with Gasteiger partial charge >= 0.3 is 0 Å². The number of hydrogen-bond donors (Lipinski definition) is 0. The van der Waals surface area contributed by atoms with E-state index in [0.717, 1.165) is 14.1 Å². The van der Waals surface area contributed by atoms with Gasteiger partial charge in [0, 0.05) is 16.4 Å². The number of fused-ring (bicyclic) bond motifs is 1. The summed E-state index contributed by atoms with van der Waals surface area (Å²) in [6, 6.07) is 4.54. The normalized spacial score (nSPS) is 17.3. The Morgan fingerprint density at radius 2 is 1.95 bits per heavy atom. The van der Waals surface area contributed by atoms with Crippen LogP contribution in [0.2, 0.25) is 0 Å². The van der Waals surface area contributed by atoms with Crippen LogP contribution in [-0.2, 0) is 19.9 Å². The van der Waals surface area contributed by atoms with Gasteiger partial charge in [-0.3, -0.25) is 4.79 Å². The number of nitrogens with zero attached hydrogens (tertiary/aromatic N) is 1. The lowest BCUT2D eigenvalue weighted by Crippen LogP contribution is -2.31. The minimum Gasteiger partial charge on any atom is -0.268 e. The number of hydrogen-bond acceptors (Lipinski definition) is 5. The second-order valence-electron chi connectivity index (χ2n) is 4.51. The van der Waals surface area contributed by atoms with Gasteiger partial charge in [0.05, 0.1) is 11.3 Å². The fourth-order valence-corrected chi connectivity index (χ4v) is 4.68. The molecule has 1 aromatic rings. The first kappa shape index (κ1) is 15.7. The first-order valence-corrected chi connectivity index (χ1v) is 10.3. The Labute approximate surface area is 131 Å². The monoisotopic (exact) mass is 429 g/mol. The van der Waals surface area contributed by atoms with Crippen LogP contribution in [0.1, 0.15) is 16.8 Å². The van der Waals surface area contributed by atoms with Crippen molar-refractivity contribution >= 4 is 48.4 Å². The molecule has 0 aliphatic carbocycles. The lowest BCUT2D eigenvalue weighted by atomic mass is 10.2. The standard InChI is InChI=1S/C11H12INO5S2/c1-19(15,16)6-2-5-13-11(14)9-7-8(12)3-4-10(9)20(13,17)18/h3-4,7H,2,5-6H2,1H3. The van der Waals surface area contributed by atoms with Crippen molar-refractivity contribution < 1.29 is 21.6 Å². The molecule has 0 spiro atoms. The SMILES string of the molecule is CS(=O)(=O)CCCN1C(=O)c2cc(I)ccc2S1(=O)=O. The molecule has 6 nitrogen and oxygen atoms in total. The molecule has 0 unspecified atom stereocenters. The van der Waals surface area contributed by atoms with Crippen LogP contribution in [0, 0.1) is 3.57 Å². The number of sulfonamides is 1. The maximum Gasteiger partial charge on any atom is 0.269 e. The first-order valence-electron chi connectivity index (χ1n) is 5.67. The summed E-state index contributed by atoms with van der Waals surface area (Å²) in [6.45, 7) is -0.126. The molecule has 2 rings (SSSR count). The summed E-state index contributed by atoms with van der Waals surface area (Å²) in [5, 5.41) is 0. The van der Waals surface area contributed by atoms with E-state index < -0.39 is 25.8 Å². The molecule has 9 heteroatoms. The predicted molar refractivity (Wildman–Crippen MR) is 81.7 cm³/mol. The topological polar surface area (TPSA) is 88.6 Å². The molecule has 1 aromatic carbocycles. The summed E-state index contributed by atoms with van der Waals surface area (Å²) in [5.41, 5.74) is 0.149. The van der Waals surface area contributed by atoms with Crippen LogP contribution in [0.15, 0.2) is 23.1 Å². The summed E-state index contributed by atoms with van der Waals surface area (Å²) in [4.78, 5) is 12.1. The molecular weight excluding hydrogens is 417 g/mol. The third kappa shape index (κ3) is 2.98. The summed E-state index contributed by atoms with van der Waals surface area (Å²) in [5.74, 6) is -0.743. The largest absolute Gasteiger partial charge is 0.269 e. The summed E-state index contributed by atoms with van der Waals surface area (Å²) < 4.78 is 48.1. The van der Waals surface area contributed by atoms with E-state index in [4.69, 9.17) is 0 Å². The van der Waals surface area contributed by atoms with Gasteiger partial charge in [-0.15, -0.1) is 0 Å². The molecule has 0 atom stereocenters. The molecule has 110 valence electrons. The zero-order chi connectivity index (χ0) is 15.1. The number of sulfone groups is 1. The van der Waals surface area contributed by atoms with E-state index in [0.29, 0.717) is 0 Å². The van der Waals surface area contributed by atoms with Crippen molar-refractivity contribution in [2.45, 2.75) is 11.3 Å². The van der Waals surface area contributed by atoms with Gasteiger partial charge in [0.2, 0.25) is 0 Å². The Kier molecular flexibility index (Phi) is 4.13. The van der Waals surface area contributed by atoms with Crippen LogP contribution < -0.4 is 0 Å². The quantitative estimate of drug-likeness (QED) is 0.663. The fourth-order valence-electron chi connectivity index (χ4n) is 1.95. The van der Waals surface area contributed by atoms with Gasteiger partial charge in [0.25, 0.3) is 15.9 Å². The molecular formula is C11H12INO5S2. The van der Waals surface area contributed by atoms with E-state index >= 15 is 0 Å². The molecule has 1 amide bonds. The van der Waals surface area contributed by atoms with E-state index in [1.54, 1.807) is 6.07 Å². The van der Waals surface area contributed by atoms with Gasteiger partial charge < -0.3 is 0 Å². The van der Waals surface area contributed by atoms with Gasteiger partial charge in [-0.25, -0.2) is 21.1 Å². The highest BCUT2D eigenvalue weighted by atomic mass is 127. The van der Waals surface area contributed by atoms with Crippen LogP contribution in [0.25, 0.3) is 0 Å². The maximum atomic E-state index is 12.2. The highest BCUT2D eigenvalue weighted by Crippen LogP contribution is 2.31. The zero-order valence-corrected chi connectivity index (χ0v) is 14.3. The van der Waals surface area contributed by atoms with E-state index in [-0.39, 0.29) is 29.2 Å². The zero-order valence-electron chi connectivity index (χ0n) is 10.5. The van der Waals surface area contributed by atoms with Crippen molar-refractivity contribution in [2.75, 3.05) is 18.6 Å². The molecule has 0 saturated heterocycles. The average Bonchev–Trinajstić information content (AvgIpc) is 2.48. The Balaban J connectivity index is 2.28. The Bertz CT molecular complexity index is 770. The summed E-state index contributed by atoms with van der Waals surface area (Å²) in [6.07, 6.45) is 1.17. The number of amides is 1. The van der Waals surface area contributed by atoms with Gasteiger partial charge in [-0.2, -0.15) is 0 Å².